The highest BCUT2D eigenvalue weighted by Gasteiger charge is 2.56. The number of nitrogens with one attached hydrogen (secondary N) is 1. The third-order valence-electron chi connectivity index (χ3n) is 13.3. The number of esters is 1. The van der Waals surface area contributed by atoms with Crippen molar-refractivity contribution < 1.29 is 63.6 Å². The fraction of sp³-hybridized carbons (Fsp3) is 0.822. The van der Waals surface area contributed by atoms with Crippen LogP contribution in [0.4, 0.5) is 0 Å². The predicted octanol–water partition coefficient (Wildman–Crippen LogP) is 4.12. The van der Waals surface area contributed by atoms with Crippen LogP contribution in [0.25, 0.3) is 0 Å². The van der Waals surface area contributed by atoms with Crippen LogP contribution in [0.15, 0.2) is 23.3 Å². The Morgan fingerprint density at radius 1 is 0.967 bits per heavy atom. The number of ether oxygens (including phenoxy) is 6. The van der Waals surface area contributed by atoms with Crippen molar-refractivity contribution in [2.45, 2.75) is 167 Å². The van der Waals surface area contributed by atoms with E-state index in [4.69, 9.17) is 33.8 Å². The van der Waals surface area contributed by atoms with Gasteiger partial charge in [-0.1, -0.05) is 45.4 Å². The van der Waals surface area contributed by atoms with Gasteiger partial charge < -0.3 is 59.5 Å². The van der Waals surface area contributed by atoms with Crippen LogP contribution in [0.1, 0.15) is 112 Å². The monoisotopic (exact) mass is 853 g/mol. The van der Waals surface area contributed by atoms with Gasteiger partial charge in [-0.2, -0.15) is 0 Å². The molecule has 4 rings (SSSR count). The second-order valence-corrected chi connectivity index (χ2v) is 17.8. The number of aliphatic hydroxyl groups is 3. The zero-order chi connectivity index (χ0) is 43.6. The summed E-state index contributed by atoms with van der Waals surface area (Å²) in [5.74, 6) is -6.92. The lowest BCUT2D eigenvalue weighted by Crippen LogP contribution is -2.64. The number of fused-ring (bicyclic) bond motifs is 3. The first-order chi connectivity index (χ1) is 28.0. The number of allylic oxidation sites excluding steroid dienone is 3. The lowest BCUT2D eigenvalue weighted by Gasteiger charge is -2.47. The maximum absolute atomic E-state index is 14.4. The highest BCUT2D eigenvalue weighted by molar-refractivity contribution is 6.39. The van der Waals surface area contributed by atoms with Crippen molar-refractivity contribution in [3.63, 3.8) is 0 Å². The number of hydrogen-bond acceptors (Lipinski definition) is 13. The van der Waals surface area contributed by atoms with Gasteiger partial charge in [-0.3, -0.25) is 9.59 Å². The second-order valence-electron chi connectivity index (χ2n) is 17.8. The molecule has 2 saturated heterocycles. The summed E-state index contributed by atoms with van der Waals surface area (Å²) in [5, 5.41) is 42.3. The topological polar surface area (TPSA) is 226 Å². The molecule has 3 heterocycles. The number of cyclic esters (lactones) is 1. The summed E-state index contributed by atoms with van der Waals surface area (Å²) in [6, 6.07) is -1.11. The summed E-state index contributed by atoms with van der Waals surface area (Å²) in [5.41, 5.74) is 2.17. The highest BCUT2D eigenvalue weighted by Crippen LogP contribution is 2.39. The van der Waals surface area contributed by atoms with Crippen molar-refractivity contribution in [1.82, 2.24) is 4.90 Å². The van der Waals surface area contributed by atoms with E-state index in [1.807, 2.05) is 27.7 Å². The molecule has 0 radical (unpaired) electrons. The third-order valence-corrected chi connectivity index (χ3v) is 13.3. The van der Waals surface area contributed by atoms with E-state index < -0.39 is 71.8 Å². The Morgan fingerprint density at radius 3 is 2.27 bits per heavy atom. The molecule has 1 aliphatic carbocycles. The van der Waals surface area contributed by atoms with Crippen LogP contribution in [-0.2, 0) is 42.8 Å². The van der Waals surface area contributed by atoms with Crippen LogP contribution in [0.2, 0.25) is 0 Å². The minimum Gasteiger partial charge on any atom is -0.456 e. The van der Waals surface area contributed by atoms with E-state index in [9.17, 15) is 29.7 Å². The number of hydrogen-bond donors (Lipinski definition) is 4. The minimum atomic E-state index is -2.49. The number of piperidine rings is 1. The zero-order valence-electron chi connectivity index (χ0n) is 37.5. The van der Waals surface area contributed by atoms with E-state index in [-0.39, 0.29) is 74.5 Å². The van der Waals surface area contributed by atoms with E-state index in [2.05, 4.69) is 19.1 Å². The Kier molecular flexibility index (Phi) is 20.5. The zero-order valence-corrected chi connectivity index (χ0v) is 37.5. The van der Waals surface area contributed by atoms with Gasteiger partial charge in [0.25, 0.3) is 11.7 Å². The summed E-state index contributed by atoms with van der Waals surface area (Å²) >= 11 is 0. The second kappa shape index (κ2) is 23.7. The number of nitrogens with zero attached hydrogens (tertiary/aromatic N) is 1. The number of ketones is 1. The molecule has 2 bridgehead atoms. The SMILES string of the molecule is CC[C@@H]1/C=C(\C)C[C@H](C)C[C@H](OC)[C@H]2O[C@@](O)(C(=O)C(=O)N3CCCC[C@H]3C(=O)O[C@H](/C(C)=C/[C@@H]3CC[C@@H](OCCO)[C@H](OC)C3)[C@H](C)[C@@H](O)CC1=N)[C@H](C)C[C@@H]2OC.O. The molecule has 0 aromatic heterocycles. The molecule has 60 heavy (non-hydrogen) atoms. The van der Waals surface area contributed by atoms with Crippen LogP contribution in [0, 0.1) is 35.0 Å². The van der Waals surface area contributed by atoms with E-state index >= 15 is 0 Å². The summed E-state index contributed by atoms with van der Waals surface area (Å²) in [6.07, 6.45) is 5.53. The Balaban J connectivity index is 0.00000961. The molecule has 0 spiro atoms. The van der Waals surface area contributed by atoms with Crippen molar-refractivity contribution in [3.8, 4) is 0 Å². The highest BCUT2D eigenvalue weighted by atomic mass is 16.7. The maximum Gasteiger partial charge on any atom is 0.329 e. The average Bonchev–Trinajstić information content (AvgIpc) is 3.22. The van der Waals surface area contributed by atoms with Gasteiger partial charge in [0.15, 0.2) is 0 Å². The molecule has 0 unspecified atom stereocenters. The number of amides is 1. The first kappa shape index (κ1) is 51.7. The Labute approximate surface area is 357 Å². The molecular weight excluding hydrogens is 776 g/mol. The van der Waals surface area contributed by atoms with Gasteiger partial charge >= 0.3 is 5.97 Å². The van der Waals surface area contributed by atoms with Crippen molar-refractivity contribution in [1.29, 1.82) is 5.41 Å². The van der Waals surface area contributed by atoms with Gasteiger partial charge in [0, 0.05) is 57.8 Å². The summed E-state index contributed by atoms with van der Waals surface area (Å²) in [7, 11) is 4.73. The van der Waals surface area contributed by atoms with Gasteiger partial charge in [0.2, 0.25) is 5.79 Å². The molecule has 15 nitrogen and oxygen atoms in total. The number of carbonyl (C=O) groups excluding carboxylic acids is 3. The number of methoxy groups -OCH3 is 3. The molecule has 1 amide bonds. The smallest absolute Gasteiger partial charge is 0.329 e. The molecule has 0 aromatic rings. The van der Waals surface area contributed by atoms with Gasteiger partial charge in [-0.05, 0) is 95.5 Å². The minimum absolute atomic E-state index is 0. The number of aliphatic hydroxyl groups excluding tert-OH is 2. The number of Topliss-reactive ketones (excluding diaryl/α,β-unsaturated/α-hetero) is 1. The third kappa shape index (κ3) is 12.5. The van der Waals surface area contributed by atoms with Gasteiger partial charge in [-0.15, -0.1) is 0 Å². The van der Waals surface area contributed by atoms with Gasteiger partial charge in [0.05, 0.1) is 43.7 Å². The van der Waals surface area contributed by atoms with Crippen molar-refractivity contribution in [2.75, 3.05) is 41.1 Å². The van der Waals surface area contributed by atoms with E-state index in [1.54, 1.807) is 28.3 Å². The van der Waals surface area contributed by atoms with Gasteiger partial charge in [-0.25, -0.2) is 4.79 Å². The summed E-state index contributed by atoms with van der Waals surface area (Å²) in [6.45, 7) is 11.7. The first-order valence-electron chi connectivity index (χ1n) is 21.9. The molecule has 3 fully saturated rings. The molecular formula is C45H76N2O13. The molecule has 14 atom stereocenters. The largest absolute Gasteiger partial charge is 0.456 e. The quantitative estimate of drug-likeness (QED) is 0.146. The summed E-state index contributed by atoms with van der Waals surface area (Å²) < 4.78 is 36.0. The molecule has 344 valence electrons. The fourth-order valence-corrected chi connectivity index (χ4v) is 9.81. The van der Waals surface area contributed by atoms with Crippen LogP contribution in [0.5, 0.6) is 0 Å². The van der Waals surface area contributed by atoms with Crippen molar-refractivity contribution >= 4 is 23.4 Å². The molecule has 6 N–H and O–H groups in total. The molecule has 0 aromatic carbocycles. The average molecular weight is 853 g/mol. The number of rotatable bonds is 9. The Hall–Kier alpha value is -2.60. The maximum atomic E-state index is 14.4. The standard InChI is InChI=1S/C45H74N2O12.H2O/c1-10-32-20-26(2)19-27(3)21-38(55-8)41-39(56-9)23-29(5)45(53,59-41)42(50)43(51)47-16-12-11-13-34(47)44(52)58-40(30(6)35(49)25-33(32)46)28(4)22-31-14-15-36(57-18-17-48)37(24-31)54-7;/h20,22,27,29-32,34-41,46,48-49,53H,10-19,21,23-25H2,1-9H3;1H2/b26-20+,28-22+,46-33?;/t27-,29+,30+,31-,32+,34-,35-,36+,37+,38-,39-,40+,41+,45+;/m0./s1. The fourth-order valence-electron chi connectivity index (χ4n) is 9.81. The Morgan fingerprint density at radius 2 is 1.63 bits per heavy atom. The van der Waals surface area contributed by atoms with E-state index in [1.165, 1.54) is 4.90 Å². The first-order valence-corrected chi connectivity index (χ1v) is 21.9. The molecule has 15 heteroatoms. The van der Waals surface area contributed by atoms with Gasteiger partial charge in [0.1, 0.15) is 18.2 Å². The van der Waals surface area contributed by atoms with Crippen molar-refractivity contribution in [2.24, 2.45) is 29.6 Å². The van der Waals surface area contributed by atoms with Crippen LogP contribution in [-0.4, -0.2) is 145 Å². The molecule has 1 saturated carbocycles. The van der Waals surface area contributed by atoms with Crippen LogP contribution < -0.4 is 0 Å². The summed E-state index contributed by atoms with van der Waals surface area (Å²) in [4.78, 5) is 44.2. The number of carbonyl (C=O) groups is 3. The van der Waals surface area contributed by atoms with E-state index in [0.29, 0.717) is 50.7 Å². The lowest BCUT2D eigenvalue weighted by atomic mass is 9.81. The predicted molar refractivity (Wildman–Crippen MR) is 225 cm³/mol. The molecule has 3 aliphatic heterocycles. The van der Waals surface area contributed by atoms with Crippen molar-refractivity contribution in [3.05, 3.63) is 23.3 Å². The Bertz CT molecular complexity index is 1490. The van der Waals surface area contributed by atoms with E-state index in [0.717, 1.165) is 17.6 Å². The van der Waals surface area contributed by atoms with Crippen LogP contribution in [0.3, 0.4) is 0 Å². The lowest BCUT2D eigenvalue weighted by molar-refractivity contribution is -0.302. The van der Waals surface area contributed by atoms with Crippen LogP contribution >= 0.6 is 0 Å². The normalized spacial score (nSPS) is 39.4. The molecule has 4 aliphatic rings.